The van der Waals surface area contributed by atoms with Gasteiger partial charge in [-0.05, 0) is 44.8 Å². The molecule has 0 bridgehead atoms. The highest BCUT2D eigenvalue weighted by atomic mass is 32.2. The average Bonchev–Trinajstić information content (AvgIpc) is 2.53. The highest BCUT2D eigenvalue weighted by molar-refractivity contribution is 7.89. The highest BCUT2D eigenvalue weighted by Gasteiger charge is 2.15. The van der Waals surface area contributed by atoms with Crippen molar-refractivity contribution < 1.29 is 13.2 Å². The number of sulfonamides is 1. The fourth-order valence-corrected chi connectivity index (χ4v) is 3.11. The monoisotopic (exact) mass is 342 g/mol. The van der Waals surface area contributed by atoms with Gasteiger partial charge in [0.1, 0.15) is 0 Å². The zero-order chi connectivity index (χ0) is 17.5. The van der Waals surface area contributed by atoms with Crippen LogP contribution in [0.25, 0.3) is 0 Å². The topological polar surface area (TPSA) is 90.5 Å². The minimum Gasteiger partial charge on any atom is -0.337 e. The summed E-state index contributed by atoms with van der Waals surface area (Å²) in [6, 6.07) is 4.43. The molecule has 8 heteroatoms. The molecule has 0 fully saturated rings. The van der Waals surface area contributed by atoms with Crippen LogP contribution in [0, 0.1) is 6.92 Å². The van der Waals surface area contributed by atoms with Crippen molar-refractivity contribution in [3.8, 4) is 0 Å². The van der Waals surface area contributed by atoms with Crippen LogP contribution in [0.4, 0.5) is 10.5 Å². The molecule has 0 saturated carbocycles. The number of hydrogen-bond acceptors (Lipinski definition) is 4. The number of urea groups is 1. The van der Waals surface area contributed by atoms with Crippen LogP contribution in [-0.2, 0) is 10.0 Å². The van der Waals surface area contributed by atoms with Crippen LogP contribution in [0.1, 0.15) is 19.4 Å². The predicted octanol–water partition coefficient (Wildman–Crippen LogP) is 1.37. The molecule has 0 unspecified atom stereocenters. The van der Waals surface area contributed by atoms with Gasteiger partial charge < -0.3 is 15.5 Å². The molecule has 0 saturated heterocycles. The lowest BCUT2D eigenvalue weighted by molar-refractivity contribution is 0.248. The van der Waals surface area contributed by atoms with Gasteiger partial charge in [-0.2, -0.15) is 0 Å². The molecular weight excluding hydrogens is 316 g/mol. The standard InChI is InChI=1S/C15H26N4O3S/c1-5-19(6-2)10-9-17-15(20)18-13-8-7-12(3)14(11-13)23(21,22)16-4/h7-8,11,16H,5-6,9-10H2,1-4H3,(H2,17,18,20). The van der Waals surface area contributed by atoms with Crippen molar-refractivity contribution in [3.63, 3.8) is 0 Å². The quantitative estimate of drug-likeness (QED) is 0.665. The number of carbonyl (C=O) groups is 1. The highest BCUT2D eigenvalue weighted by Crippen LogP contribution is 2.19. The molecule has 1 aromatic rings. The van der Waals surface area contributed by atoms with Crippen molar-refractivity contribution in [2.75, 3.05) is 38.5 Å². The number of nitrogens with zero attached hydrogens (tertiary/aromatic N) is 1. The molecule has 1 aromatic carbocycles. The van der Waals surface area contributed by atoms with Gasteiger partial charge >= 0.3 is 6.03 Å². The molecule has 0 aliphatic rings. The summed E-state index contributed by atoms with van der Waals surface area (Å²) >= 11 is 0. The molecule has 0 aliphatic carbocycles. The molecule has 2 amide bonds. The van der Waals surface area contributed by atoms with Gasteiger partial charge in [-0.3, -0.25) is 0 Å². The van der Waals surface area contributed by atoms with Crippen LogP contribution < -0.4 is 15.4 Å². The number of nitrogens with one attached hydrogen (secondary N) is 3. The van der Waals surface area contributed by atoms with E-state index in [1.807, 2.05) is 0 Å². The van der Waals surface area contributed by atoms with E-state index in [1.54, 1.807) is 19.1 Å². The van der Waals surface area contributed by atoms with Crippen LogP contribution in [0.2, 0.25) is 0 Å². The number of anilines is 1. The number of likely N-dealkylation sites (N-methyl/N-ethyl adjacent to an activating group) is 1. The summed E-state index contributed by atoms with van der Waals surface area (Å²) in [6.07, 6.45) is 0. The van der Waals surface area contributed by atoms with Crippen LogP contribution in [0.15, 0.2) is 23.1 Å². The van der Waals surface area contributed by atoms with Crippen LogP contribution in [0.3, 0.4) is 0 Å². The average molecular weight is 342 g/mol. The SMILES string of the molecule is CCN(CC)CCNC(=O)Nc1ccc(C)c(S(=O)(=O)NC)c1. The Hall–Kier alpha value is -1.64. The molecule has 23 heavy (non-hydrogen) atoms. The zero-order valence-electron chi connectivity index (χ0n) is 14.1. The maximum atomic E-state index is 11.9. The number of rotatable bonds is 8. The third kappa shape index (κ3) is 5.81. The van der Waals surface area contributed by atoms with Gasteiger partial charge in [0.2, 0.25) is 10.0 Å². The Morgan fingerprint density at radius 3 is 2.43 bits per heavy atom. The molecule has 0 heterocycles. The Balaban J connectivity index is 2.67. The lowest BCUT2D eigenvalue weighted by Gasteiger charge is -2.18. The van der Waals surface area contributed by atoms with Gasteiger partial charge in [-0.25, -0.2) is 17.9 Å². The second-order valence-electron chi connectivity index (χ2n) is 5.10. The van der Waals surface area contributed by atoms with E-state index in [2.05, 4.69) is 34.1 Å². The summed E-state index contributed by atoms with van der Waals surface area (Å²) in [5.74, 6) is 0. The van der Waals surface area contributed by atoms with Crippen molar-refractivity contribution in [2.45, 2.75) is 25.7 Å². The first kappa shape index (κ1) is 19.4. The normalized spacial score (nSPS) is 11.5. The molecule has 0 radical (unpaired) electrons. The number of aryl methyl sites for hydroxylation is 1. The van der Waals surface area contributed by atoms with Gasteiger partial charge in [-0.1, -0.05) is 19.9 Å². The van der Waals surface area contributed by atoms with E-state index >= 15 is 0 Å². The fourth-order valence-electron chi connectivity index (χ4n) is 2.12. The van der Waals surface area contributed by atoms with Crippen molar-refractivity contribution in [1.29, 1.82) is 0 Å². The summed E-state index contributed by atoms with van der Waals surface area (Å²) in [7, 11) is -2.19. The maximum Gasteiger partial charge on any atom is 0.319 e. The number of carbonyl (C=O) groups excluding carboxylic acids is 1. The molecule has 0 aliphatic heterocycles. The molecule has 1 rings (SSSR count). The van der Waals surface area contributed by atoms with Crippen molar-refractivity contribution in [3.05, 3.63) is 23.8 Å². The molecule has 0 spiro atoms. The van der Waals surface area contributed by atoms with Crippen LogP contribution in [-0.4, -0.2) is 52.6 Å². The first-order valence-corrected chi connectivity index (χ1v) is 9.13. The van der Waals surface area contributed by atoms with Crippen molar-refractivity contribution >= 4 is 21.7 Å². The first-order valence-electron chi connectivity index (χ1n) is 7.65. The second kappa shape index (κ2) is 8.85. The van der Waals surface area contributed by atoms with E-state index in [1.165, 1.54) is 13.1 Å². The van der Waals surface area contributed by atoms with Gasteiger partial charge in [0, 0.05) is 18.8 Å². The van der Waals surface area contributed by atoms with Crippen LogP contribution in [0.5, 0.6) is 0 Å². The Labute approximate surface area is 138 Å². The zero-order valence-corrected chi connectivity index (χ0v) is 15.0. The summed E-state index contributed by atoms with van der Waals surface area (Å²) in [6.45, 7) is 9.01. The minimum atomic E-state index is -3.55. The smallest absolute Gasteiger partial charge is 0.319 e. The number of benzene rings is 1. The van der Waals surface area contributed by atoms with Crippen molar-refractivity contribution in [2.24, 2.45) is 0 Å². The molecule has 3 N–H and O–H groups in total. The van der Waals surface area contributed by atoms with Gasteiger partial charge in [0.05, 0.1) is 4.90 Å². The van der Waals surface area contributed by atoms with Gasteiger partial charge in [0.25, 0.3) is 0 Å². The summed E-state index contributed by atoms with van der Waals surface area (Å²) in [4.78, 5) is 14.2. The Morgan fingerprint density at radius 2 is 1.87 bits per heavy atom. The molecule has 7 nitrogen and oxygen atoms in total. The first-order chi connectivity index (χ1) is 10.8. The molecule has 130 valence electrons. The van der Waals surface area contributed by atoms with E-state index < -0.39 is 10.0 Å². The lowest BCUT2D eigenvalue weighted by atomic mass is 10.2. The summed E-state index contributed by atoms with van der Waals surface area (Å²) < 4.78 is 26.1. The van der Waals surface area contributed by atoms with E-state index in [-0.39, 0.29) is 10.9 Å². The Morgan fingerprint density at radius 1 is 1.22 bits per heavy atom. The van der Waals surface area contributed by atoms with Crippen LogP contribution >= 0.6 is 0 Å². The molecule has 0 aromatic heterocycles. The predicted molar refractivity (Wildman–Crippen MR) is 92.2 cm³/mol. The van der Waals surface area contributed by atoms with Crippen molar-refractivity contribution in [1.82, 2.24) is 14.9 Å². The largest absolute Gasteiger partial charge is 0.337 e. The summed E-state index contributed by atoms with van der Waals surface area (Å²) in [5, 5.41) is 5.41. The molecule has 0 atom stereocenters. The van der Waals surface area contributed by atoms with E-state index in [0.717, 1.165) is 19.6 Å². The summed E-state index contributed by atoms with van der Waals surface area (Å²) in [5.41, 5.74) is 1.05. The fraction of sp³-hybridized carbons (Fsp3) is 0.533. The lowest BCUT2D eigenvalue weighted by Crippen LogP contribution is -2.36. The Kier molecular flexibility index (Phi) is 7.47. The molecular formula is C15H26N4O3S. The Bertz CT molecular complexity index is 628. The van der Waals surface area contributed by atoms with Gasteiger partial charge in [0.15, 0.2) is 0 Å². The number of hydrogen-bond donors (Lipinski definition) is 3. The van der Waals surface area contributed by atoms with Gasteiger partial charge in [-0.15, -0.1) is 0 Å². The third-order valence-corrected chi connectivity index (χ3v) is 5.17. The third-order valence-electron chi connectivity index (χ3n) is 3.61. The van der Waals surface area contributed by atoms with E-state index in [0.29, 0.717) is 17.8 Å². The second-order valence-corrected chi connectivity index (χ2v) is 6.95. The minimum absolute atomic E-state index is 0.154. The van der Waals surface area contributed by atoms with E-state index in [4.69, 9.17) is 0 Å². The van der Waals surface area contributed by atoms with E-state index in [9.17, 15) is 13.2 Å². The number of amides is 2. The maximum absolute atomic E-state index is 11.9.